The molecule has 0 fully saturated rings. The van der Waals surface area contributed by atoms with Crippen molar-refractivity contribution in [3.63, 3.8) is 0 Å². The van der Waals surface area contributed by atoms with Crippen LogP contribution in [0.2, 0.25) is 0 Å². The fourth-order valence-electron chi connectivity index (χ4n) is 1.91. The zero-order valence-corrected chi connectivity index (χ0v) is 12.8. The van der Waals surface area contributed by atoms with E-state index < -0.39 is 26.6 Å². The summed E-state index contributed by atoms with van der Waals surface area (Å²) >= 11 is 5.66. The highest BCUT2D eigenvalue weighted by Gasteiger charge is 2.20. The van der Waals surface area contributed by atoms with Crippen molar-refractivity contribution in [3.8, 4) is 0 Å². The summed E-state index contributed by atoms with van der Waals surface area (Å²) in [7, 11) is -3.97. The highest BCUT2D eigenvalue weighted by atomic mass is 35.5. The Morgan fingerprint density at radius 1 is 1.30 bits per heavy atom. The van der Waals surface area contributed by atoms with Gasteiger partial charge < -0.3 is 0 Å². The van der Waals surface area contributed by atoms with Crippen LogP contribution in [0, 0.1) is 17.6 Å². The summed E-state index contributed by atoms with van der Waals surface area (Å²) in [4.78, 5) is -0.542. The molecule has 1 rings (SSSR count). The first-order chi connectivity index (χ1) is 9.40. The van der Waals surface area contributed by atoms with Crippen molar-refractivity contribution in [1.29, 1.82) is 0 Å². The van der Waals surface area contributed by atoms with E-state index in [0.717, 1.165) is 25.0 Å². The molecule has 1 atom stereocenters. The number of halogens is 3. The smallest absolute Gasteiger partial charge is 0.211 e. The molecule has 1 unspecified atom stereocenters. The Balaban J connectivity index is 2.78. The first kappa shape index (κ1) is 17.3. The van der Waals surface area contributed by atoms with E-state index in [2.05, 4.69) is 4.72 Å². The minimum atomic E-state index is -3.97. The Bertz CT molecular complexity index is 531. The Hall–Kier alpha value is -0.720. The third kappa shape index (κ3) is 5.00. The normalized spacial score (nSPS) is 13.4. The second-order valence-corrected chi connectivity index (χ2v) is 6.67. The molecule has 20 heavy (non-hydrogen) atoms. The molecule has 1 N–H and O–H groups in total. The quantitative estimate of drug-likeness (QED) is 0.745. The van der Waals surface area contributed by atoms with E-state index in [1.54, 1.807) is 0 Å². The number of sulfonamides is 1. The lowest BCUT2D eigenvalue weighted by molar-refractivity contribution is 0.455. The molecule has 0 bridgehead atoms. The standard InChI is InChI=1S/C13H18ClF2NO2S/c1-2-3-10(6-7-14)9-17-20(18,19)13-5-4-11(15)8-12(13)16/h4-5,8,10,17H,2-3,6-7,9H2,1H3. The number of hydrogen-bond donors (Lipinski definition) is 1. The molecular weight excluding hydrogens is 308 g/mol. The highest BCUT2D eigenvalue weighted by molar-refractivity contribution is 7.89. The first-order valence-corrected chi connectivity index (χ1v) is 8.43. The van der Waals surface area contributed by atoms with Crippen molar-refractivity contribution >= 4 is 21.6 Å². The Morgan fingerprint density at radius 2 is 2.00 bits per heavy atom. The summed E-state index contributed by atoms with van der Waals surface area (Å²) < 4.78 is 52.6. The number of benzene rings is 1. The molecule has 0 amide bonds. The van der Waals surface area contributed by atoms with Gasteiger partial charge in [0.15, 0.2) is 0 Å². The van der Waals surface area contributed by atoms with E-state index >= 15 is 0 Å². The van der Waals surface area contributed by atoms with Gasteiger partial charge in [-0.15, -0.1) is 11.6 Å². The summed E-state index contributed by atoms with van der Waals surface area (Å²) in [6.07, 6.45) is 2.43. The molecule has 0 aliphatic heterocycles. The molecule has 0 heterocycles. The lowest BCUT2D eigenvalue weighted by Crippen LogP contribution is -2.30. The van der Waals surface area contributed by atoms with Crippen LogP contribution in [-0.2, 0) is 10.0 Å². The predicted octanol–water partition coefficient (Wildman–Crippen LogP) is 3.29. The van der Waals surface area contributed by atoms with Gasteiger partial charge in [0.05, 0.1) is 0 Å². The average molecular weight is 326 g/mol. The van der Waals surface area contributed by atoms with Crippen molar-refractivity contribution in [2.45, 2.75) is 31.1 Å². The first-order valence-electron chi connectivity index (χ1n) is 6.41. The van der Waals surface area contributed by atoms with Crippen LogP contribution in [0.3, 0.4) is 0 Å². The second-order valence-electron chi connectivity index (χ2n) is 4.56. The topological polar surface area (TPSA) is 46.2 Å². The van der Waals surface area contributed by atoms with Crippen LogP contribution in [0.5, 0.6) is 0 Å². The van der Waals surface area contributed by atoms with Gasteiger partial charge in [-0.2, -0.15) is 0 Å². The van der Waals surface area contributed by atoms with Crippen LogP contribution in [0.15, 0.2) is 23.1 Å². The van der Waals surface area contributed by atoms with Crippen molar-refractivity contribution in [1.82, 2.24) is 4.72 Å². The number of alkyl halides is 1. The van der Waals surface area contributed by atoms with Crippen molar-refractivity contribution in [3.05, 3.63) is 29.8 Å². The second kappa shape index (κ2) is 7.90. The number of nitrogens with one attached hydrogen (secondary N) is 1. The van der Waals surface area contributed by atoms with Crippen molar-refractivity contribution < 1.29 is 17.2 Å². The average Bonchev–Trinajstić information content (AvgIpc) is 2.36. The molecule has 0 radical (unpaired) electrons. The molecule has 0 spiro atoms. The van der Waals surface area contributed by atoms with Gasteiger partial charge in [0.1, 0.15) is 16.5 Å². The van der Waals surface area contributed by atoms with E-state index in [-0.39, 0.29) is 12.5 Å². The molecule has 0 saturated heterocycles. The van der Waals surface area contributed by atoms with E-state index in [1.807, 2.05) is 6.92 Å². The molecule has 1 aromatic rings. The van der Waals surface area contributed by atoms with E-state index in [1.165, 1.54) is 0 Å². The van der Waals surface area contributed by atoms with Gasteiger partial charge >= 0.3 is 0 Å². The van der Waals surface area contributed by atoms with E-state index in [4.69, 9.17) is 11.6 Å². The van der Waals surface area contributed by atoms with Crippen LogP contribution in [-0.4, -0.2) is 20.8 Å². The monoisotopic (exact) mass is 325 g/mol. The maximum absolute atomic E-state index is 13.5. The molecule has 7 heteroatoms. The van der Waals surface area contributed by atoms with Crippen LogP contribution in [0.25, 0.3) is 0 Å². The van der Waals surface area contributed by atoms with Gasteiger partial charge in [0.2, 0.25) is 10.0 Å². The minimum Gasteiger partial charge on any atom is -0.211 e. The summed E-state index contributed by atoms with van der Waals surface area (Å²) in [6, 6.07) is 2.39. The van der Waals surface area contributed by atoms with Gasteiger partial charge in [-0.05, 0) is 30.9 Å². The Kier molecular flexibility index (Phi) is 6.85. The van der Waals surface area contributed by atoms with E-state index in [9.17, 15) is 17.2 Å². The molecule has 114 valence electrons. The van der Waals surface area contributed by atoms with Crippen LogP contribution >= 0.6 is 11.6 Å². The summed E-state index contributed by atoms with van der Waals surface area (Å²) in [5.74, 6) is -1.36. The highest BCUT2D eigenvalue weighted by Crippen LogP contribution is 2.17. The Labute approximate surface area is 123 Å². The van der Waals surface area contributed by atoms with Gasteiger partial charge in [-0.3, -0.25) is 0 Å². The van der Waals surface area contributed by atoms with Crippen molar-refractivity contribution in [2.75, 3.05) is 12.4 Å². The van der Waals surface area contributed by atoms with Gasteiger partial charge in [0.25, 0.3) is 0 Å². The number of hydrogen-bond acceptors (Lipinski definition) is 2. The maximum atomic E-state index is 13.5. The van der Waals surface area contributed by atoms with Crippen molar-refractivity contribution in [2.24, 2.45) is 5.92 Å². The molecule has 0 aliphatic carbocycles. The fourth-order valence-corrected chi connectivity index (χ4v) is 3.39. The van der Waals surface area contributed by atoms with Crippen LogP contribution in [0.4, 0.5) is 8.78 Å². The summed E-state index contributed by atoms with van der Waals surface area (Å²) in [5, 5.41) is 0. The van der Waals surface area contributed by atoms with Gasteiger partial charge in [-0.25, -0.2) is 21.9 Å². The summed E-state index contributed by atoms with van der Waals surface area (Å²) in [6.45, 7) is 2.19. The Morgan fingerprint density at radius 3 is 2.55 bits per heavy atom. The SMILES string of the molecule is CCCC(CCCl)CNS(=O)(=O)c1ccc(F)cc1F. The summed E-state index contributed by atoms with van der Waals surface area (Å²) in [5.41, 5.74) is 0. The fraction of sp³-hybridized carbons (Fsp3) is 0.538. The zero-order chi connectivity index (χ0) is 15.2. The molecular formula is C13H18ClF2NO2S. The van der Waals surface area contributed by atoms with Gasteiger partial charge in [0, 0.05) is 18.5 Å². The minimum absolute atomic E-state index is 0.107. The van der Waals surface area contributed by atoms with Gasteiger partial charge in [-0.1, -0.05) is 13.3 Å². The largest absolute Gasteiger partial charge is 0.243 e. The molecule has 1 aromatic carbocycles. The zero-order valence-electron chi connectivity index (χ0n) is 11.2. The number of rotatable bonds is 8. The molecule has 3 nitrogen and oxygen atoms in total. The maximum Gasteiger partial charge on any atom is 0.243 e. The third-order valence-electron chi connectivity index (χ3n) is 2.96. The molecule has 0 saturated carbocycles. The van der Waals surface area contributed by atoms with Crippen LogP contribution in [0.1, 0.15) is 26.2 Å². The predicted molar refractivity (Wildman–Crippen MR) is 75.3 cm³/mol. The van der Waals surface area contributed by atoms with E-state index in [0.29, 0.717) is 18.4 Å². The molecule has 0 aliphatic rings. The molecule has 0 aromatic heterocycles. The van der Waals surface area contributed by atoms with Crippen LogP contribution < -0.4 is 4.72 Å². The lowest BCUT2D eigenvalue weighted by atomic mass is 10.0. The third-order valence-corrected chi connectivity index (χ3v) is 4.63. The lowest BCUT2D eigenvalue weighted by Gasteiger charge is -2.16.